The molecule has 0 saturated heterocycles. The van der Waals surface area contributed by atoms with Gasteiger partial charge in [-0.15, -0.1) is 0 Å². The highest BCUT2D eigenvalue weighted by Gasteiger charge is 2.08. The van der Waals surface area contributed by atoms with Crippen LogP contribution in [0.1, 0.15) is 17.8 Å². The van der Waals surface area contributed by atoms with Gasteiger partial charge >= 0.3 is 0 Å². The summed E-state index contributed by atoms with van der Waals surface area (Å²) in [6.45, 7) is 5.27. The minimum absolute atomic E-state index is 0.601. The van der Waals surface area contributed by atoms with Gasteiger partial charge in [-0.25, -0.2) is 0 Å². The van der Waals surface area contributed by atoms with E-state index in [4.69, 9.17) is 22.1 Å². The van der Waals surface area contributed by atoms with Crippen molar-refractivity contribution in [2.75, 3.05) is 12.3 Å². The van der Waals surface area contributed by atoms with Gasteiger partial charge in [-0.05, 0) is 26.0 Å². The third-order valence-corrected chi connectivity index (χ3v) is 3.53. The highest BCUT2D eigenvalue weighted by atomic mass is 35.5. The number of anilines is 1. The minimum Gasteiger partial charge on any atom is -0.491 e. The summed E-state index contributed by atoms with van der Waals surface area (Å²) in [7, 11) is 0. The SMILES string of the molecule is Cc1nn(CCCOc2ccccc2N)c(C)c1Cl. The maximum absolute atomic E-state index is 6.10. The zero-order chi connectivity index (χ0) is 13.8. The topological polar surface area (TPSA) is 53.1 Å². The number of rotatable bonds is 5. The van der Waals surface area contributed by atoms with Gasteiger partial charge < -0.3 is 10.5 Å². The fraction of sp³-hybridized carbons (Fsp3) is 0.357. The molecule has 1 aromatic heterocycles. The van der Waals surface area contributed by atoms with E-state index in [0.717, 1.165) is 35.1 Å². The maximum atomic E-state index is 6.10. The third kappa shape index (κ3) is 3.20. The van der Waals surface area contributed by atoms with Crippen LogP contribution in [0.25, 0.3) is 0 Å². The Kier molecular flexibility index (Phi) is 4.32. The molecule has 0 saturated carbocycles. The quantitative estimate of drug-likeness (QED) is 0.675. The molecule has 2 N–H and O–H groups in total. The summed E-state index contributed by atoms with van der Waals surface area (Å²) in [4.78, 5) is 0. The van der Waals surface area contributed by atoms with Crippen LogP contribution >= 0.6 is 11.6 Å². The van der Waals surface area contributed by atoms with Crippen LogP contribution in [0.4, 0.5) is 5.69 Å². The van der Waals surface area contributed by atoms with Crippen LogP contribution in [0.5, 0.6) is 5.75 Å². The van der Waals surface area contributed by atoms with E-state index in [9.17, 15) is 0 Å². The Morgan fingerprint density at radius 1 is 1.32 bits per heavy atom. The molecule has 1 aromatic carbocycles. The van der Waals surface area contributed by atoms with Gasteiger partial charge in [0.25, 0.3) is 0 Å². The molecule has 0 aliphatic carbocycles. The number of hydrogen-bond donors (Lipinski definition) is 1. The molecule has 5 heteroatoms. The lowest BCUT2D eigenvalue weighted by molar-refractivity contribution is 0.299. The third-order valence-electron chi connectivity index (χ3n) is 2.98. The number of nitrogens with zero attached hydrogens (tertiary/aromatic N) is 2. The van der Waals surface area contributed by atoms with Gasteiger partial charge in [-0.3, -0.25) is 4.68 Å². The van der Waals surface area contributed by atoms with Crippen LogP contribution in [0.15, 0.2) is 24.3 Å². The number of hydrogen-bond acceptors (Lipinski definition) is 3. The Balaban J connectivity index is 1.84. The first-order valence-corrected chi connectivity index (χ1v) is 6.64. The summed E-state index contributed by atoms with van der Waals surface area (Å²) < 4.78 is 7.55. The Morgan fingerprint density at radius 2 is 2.05 bits per heavy atom. The molecule has 0 aliphatic rings. The molecule has 0 radical (unpaired) electrons. The Bertz CT molecular complexity index is 566. The van der Waals surface area contributed by atoms with Gasteiger partial charge in [0.15, 0.2) is 0 Å². The van der Waals surface area contributed by atoms with Crippen molar-refractivity contribution in [2.45, 2.75) is 26.8 Å². The van der Waals surface area contributed by atoms with E-state index in [1.807, 2.05) is 42.8 Å². The minimum atomic E-state index is 0.601. The predicted molar refractivity (Wildman–Crippen MR) is 77.7 cm³/mol. The van der Waals surface area contributed by atoms with Gasteiger partial charge in [0.2, 0.25) is 0 Å². The van der Waals surface area contributed by atoms with Crippen LogP contribution in [0.2, 0.25) is 5.02 Å². The van der Waals surface area contributed by atoms with E-state index in [1.54, 1.807) is 0 Å². The average Bonchev–Trinajstić information content (AvgIpc) is 2.64. The van der Waals surface area contributed by atoms with E-state index < -0.39 is 0 Å². The highest BCUT2D eigenvalue weighted by molar-refractivity contribution is 6.31. The number of nitrogens with two attached hydrogens (primary N) is 1. The van der Waals surface area contributed by atoms with Crippen molar-refractivity contribution < 1.29 is 4.74 Å². The molecule has 0 unspecified atom stereocenters. The second kappa shape index (κ2) is 5.97. The molecule has 4 nitrogen and oxygen atoms in total. The number of benzene rings is 1. The fourth-order valence-corrected chi connectivity index (χ4v) is 2.04. The Morgan fingerprint density at radius 3 is 2.68 bits per heavy atom. The zero-order valence-corrected chi connectivity index (χ0v) is 11.9. The fourth-order valence-electron chi connectivity index (χ4n) is 1.90. The molecule has 102 valence electrons. The lowest BCUT2D eigenvalue weighted by atomic mass is 10.3. The van der Waals surface area contributed by atoms with Crippen molar-refractivity contribution in [3.8, 4) is 5.75 Å². The maximum Gasteiger partial charge on any atom is 0.142 e. The number of ether oxygens (including phenoxy) is 1. The lowest BCUT2D eigenvalue weighted by Gasteiger charge is -2.09. The first-order chi connectivity index (χ1) is 9.09. The molecule has 19 heavy (non-hydrogen) atoms. The van der Waals surface area contributed by atoms with Gasteiger partial charge in [0.05, 0.1) is 28.7 Å². The predicted octanol–water partition coefficient (Wildman–Crippen LogP) is 3.20. The molecule has 2 aromatic rings. The average molecular weight is 280 g/mol. The summed E-state index contributed by atoms with van der Waals surface area (Å²) >= 11 is 6.10. The first-order valence-electron chi connectivity index (χ1n) is 6.26. The van der Waals surface area contributed by atoms with Crippen LogP contribution < -0.4 is 10.5 Å². The first kappa shape index (κ1) is 13.7. The van der Waals surface area contributed by atoms with E-state index in [2.05, 4.69) is 5.10 Å². The number of aromatic nitrogens is 2. The summed E-state index contributed by atoms with van der Waals surface area (Å²) in [6, 6.07) is 7.50. The number of nitrogen functional groups attached to an aromatic ring is 1. The van der Waals surface area contributed by atoms with Gasteiger partial charge in [0, 0.05) is 13.0 Å². The lowest BCUT2D eigenvalue weighted by Crippen LogP contribution is -2.08. The van der Waals surface area contributed by atoms with Crippen LogP contribution in [0, 0.1) is 13.8 Å². The van der Waals surface area contributed by atoms with E-state index in [1.165, 1.54) is 0 Å². The van der Waals surface area contributed by atoms with E-state index >= 15 is 0 Å². The molecule has 0 fully saturated rings. The highest BCUT2D eigenvalue weighted by Crippen LogP contribution is 2.21. The van der Waals surface area contributed by atoms with Crippen molar-refractivity contribution in [3.05, 3.63) is 40.7 Å². The standard InChI is InChI=1S/C14H18ClN3O/c1-10-14(15)11(2)18(17-10)8-5-9-19-13-7-4-3-6-12(13)16/h3-4,6-7H,5,8-9,16H2,1-2H3. The van der Waals surface area contributed by atoms with Crippen molar-refractivity contribution in [1.82, 2.24) is 9.78 Å². The van der Waals surface area contributed by atoms with Gasteiger partial charge in [-0.1, -0.05) is 23.7 Å². The number of halogens is 1. The molecular weight excluding hydrogens is 262 g/mol. The molecule has 0 aliphatic heterocycles. The van der Waals surface area contributed by atoms with Crippen molar-refractivity contribution in [3.63, 3.8) is 0 Å². The summed E-state index contributed by atoms with van der Waals surface area (Å²) in [5, 5.41) is 5.12. The molecule has 0 amide bonds. The molecular formula is C14H18ClN3O. The molecule has 0 bridgehead atoms. The molecule has 1 heterocycles. The summed E-state index contributed by atoms with van der Waals surface area (Å²) in [5.41, 5.74) is 8.33. The van der Waals surface area contributed by atoms with Crippen molar-refractivity contribution in [1.29, 1.82) is 0 Å². The normalized spacial score (nSPS) is 10.7. The van der Waals surface area contributed by atoms with Crippen LogP contribution in [-0.2, 0) is 6.54 Å². The Hall–Kier alpha value is -1.68. The smallest absolute Gasteiger partial charge is 0.142 e. The second-order valence-corrected chi connectivity index (χ2v) is 4.83. The van der Waals surface area contributed by atoms with Gasteiger partial charge in [0.1, 0.15) is 5.75 Å². The monoisotopic (exact) mass is 279 g/mol. The summed E-state index contributed by atoms with van der Waals surface area (Å²) in [5.74, 6) is 0.730. The largest absolute Gasteiger partial charge is 0.491 e. The second-order valence-electron chi connectivity index (χ2n) is 4.45. The Labute approximate surface area is 118 Å². The van der Waals surface area contributed by atoms with Crippen molar-refractivity contribution >= 4 is 17.3 Å². The summed E-state index contributed by atoms with van der Waals surface area (Å²) in [6.07, 6.45) is 0.854. The van der Waals surface area contributed by atoms with Gasteiger partial charge in [-0.2, -0.15) is 5.10 Å². The zero-order valence-electron chi connectivity index (χ0n) is 11.2. The van der Waals surface area contributed by atoms with Crippen LogP contribution in [0.3, 0.4) is 0 Å². The van der Waals surface area contributed by atoms with E-state index in [-0.39, 0.29) is 0 Å². The van der Waals surface area contributed by atoms with E-state index in [0.29, 0.717) is 12.3 Å². The number of para-hydroxylation sites is 2. The molecule has 0 spiro atoms. The van der Waals surface area contributed by atoms with Crippen molar-refractivity contribution in [2.24, 2.45) is 0 Å². The number of aryl methyl sites for hydroxylation is 2. The molecule has 2 rings (SSSR count). The molecule has 0 atom stereocenters. The van der Waals surface area contributed by atoms with Crippen LogP contribution in [-0.4, -0.2) is 16.4 Å².